The second-order valence-corrected chi connectivity index (χ2v) is 10.8. The summed E-state index contributed by atoms with van der Waals surface area (Å²) in [5.74, 6) is 0.721. The summed E-state index contributed by atoms with van der Waals surface area (Å²) in [5.41, 5.74) is 2.97. The van der Waals surface area contributed by atoms with Gasteiger partial charge < -0.3 is 9.64 Å². The number of hydrogen-bond donors (Lipinski definition) is 0. The number of carbonyl (C=O) groups is 1. The number of aryl methyl sites for hydroxylation is 1. The van der Waals surface area contributed by atoms with Gasteiger partial charge in [-0.25, -0.2) is 4.39 Å². The number of carbonyl (C=O) groups excluding carboxylic acids is 1. The van der Waals surface area contributed by atoms with Gasteiger partial charge in [0.1, 0.15) is 18.2 Å². The van der Waals surface area contributed by atoms with Crippen LogP contribution in [0.4, 0.5) is 4.39 Å². The maximum Gasteiger partial charge on any atom is 0.227 e. The summed E-state index contributed by atoms with van der Waals surface area (Å²) in [4.78, 5) is 22.1. The van der Waals surface area contributed by atoms with E-state index in [1.54, 1.807) is 18.2 Å². The van der Waals surface area contributed by atoms with Gasteiger partial charge in [-0.3, -0.25) is 14.7 Å². The Kier molecular flexibility index (Phi) is 8.69. The van der Waals surface area contributed by atoms with E-state index in [1.807, 2.05) is 29.3 Å². The summed E-state index contributed by atoms with van der Waals surface area (Å²) in [5, 5.41) is 0. The normalized spacial score (nSPS) is 18.6. The molecule has 2 aromatic carbocycles. The summed E-state index contributed by atoms with van der Waals surface area (Å²) in [6.07, 6.45) is 8.35. The molecule has 200 valence electrons. The zero-order valence-corrected chi connectivity index (χ0v) is 22.2. The number of nitrogens with zero attached hydrogens (tertiary/aromatic N) is 3. The summed E-state index contributed by atoms with van der Waals surface area (Å²) in [6, 6.07) is 21.1. The fourth-order valence-corrected chi connectivity index (χ4v) is 5.99. The highest BCUT2D eigenvalue weighted by Gasteiger charge is 2.37. The lowest BCUT2D eigenvalue weighted by Gasteiger charge is -2.45. The molecule has 2 aliphatic rings. The van der Waals surface area contributed by atoms with Crippen molar-refractivity contribution in [2.45, 2.75) is 51.5 Å². The van der Waals surface area contributed by atoms with E-state index < -0.39 is 0 Å². The summed E-state index contributed by atoms with van der Waals surface area (Å²) in [7, 11) is 0. The summed E-state index contributed by atoms with van der Waals surface area (Å²) in [6.45, 7) is 4.65. The molecule has 38 heavy (non-hydrogen) atoms. The van der Waals surface area contributed by atoms with Crippen LogP contribution >= 0.6 is 0 Å². The summed E-state index contributed by atoms with van der Waals surface area (Å²) < 4.78 is 20.4. The van der Waals surface area contributed by atoms with Crippen LogP contribution in [-0.4, -0.2) is 53.5 Å². The van der Waals surface area contributed by atoms with Gasteiger partial charge in [-0.15, -0.1) is 0 Å². The number of hydrogen-bond acceptors (Lipinski definition) is 4. The predicted octanol–water partition coefficient (Wildman–Crippen LogP) is 5.68. The first-order valence-electron chi connectivity index (χ1n) is 13.9. The average Bonchev–Trinajstić information content (AvgIpc) is 2.93. The zero-order chi connectivity index (χ0) is 26.2. The number of likely N-dealkylation sites (tertiary alicyclic amines) is 1. The van der Waals surface area contributed by atoms with Crippen molar-refractivity contribution in [2.75, 3.05) is 32.8 Å². The van der Waals surface area contributed by atoms with Crippen molar-refractivity contribution in [1.29, 1.82) is 0 Å². The number of ether oxygens (including phenoxy) is 1. The number of aromatic nitrogens is 1. The van der Waals surface area contributed by atoms with Crippen LogP contribution in [0.1, 0.15) is 48.9 Å². The molecule has 1 fully saturated rings. The number of para-hydroxylation sites is 1. The maximum absolute atomic E-state index is 14.1. The minimum absolute atomic E-state index is 0.0217. The van der Waals surface area contributed by atoms with E-state index in [4.69, 9.17) is 4.74 Å². The van der Waals surface area contributed by atoms with Crippen LogP contribution in [0.3, 0.4) is 0 Å². The summed E-state index contributed by atoms with van der Waals surface area (Å²) >= 11 is 0. The Hall–Kier alpha value is -3.25. The van der Waals surface area contributed by atoms with Gasteiger partial charge in [0.2, 0.25) is 5.91 Å². The van der Waals surface area contributed by atoms with Crippen LogP contribution < -0.4 is 4.74 Å². The van der Waals surface area contributed by atoms with Crippen LogP contribution in [0.15, 0.2) is 72.9 Å². The van der Waals surface area contributed by atoms with Crippen LogP contribution in [0.5, 0.6) is 5.75 Å². The van der Waals surface area contributed by atoms with Crippen LogP contribution in [0.25, 0.3) is 0 Å². The van der Waals surface area contributed by atoms with Gasteiger partial charge in [0.05, 0.1) is 12.1 Å². The molecule has 1 amide bonds. The van der Waals surface area contributed by atoms with Crippen LogP contribution in [-0.2, 0) is 24.2 Å². The van der Waals surface area contributed by atoms with Crippen LogP contribution in [0, 0.1) is 11.2 Å². The Balaban J connectivity index is 1.29. The van der Waals surface area contributed by atoms with Gasteiger partial charge in [-0.1, -0.05) is 48.9 Å². The Bertz CT molecular complexity index is 1190. The molecular formula is C32H38FN3O2. The van der Waals surface area contributed by atoms with Gasteiger partial charge in [0.15, 0.2) is 0 Å². The molecule has 0 radical (unpaired) electrons. The second kappa shape index (κ2) is 12.5. The third-order valence-corrected chi connectivity index (χ3v) is 8.19. The minimum Gasteiger partial charge on any atom is -0.492 e. The molecule has 0 N–H and O–H groups in total. The van der Waals surface area contributed by atoms with E-state index in [0.29, 0.717) is 12.2 Å². The number of halogens is 1. The Morgan fingerprint density at radius 1 is 0.921 bits per heavy atom. The molecule has 5 rings (SSSR count). The van der Waals surface area contributed by atoms with E-state index in [0.717, 1.165) is 82.7 Å². The third kappa shape index (κ3) is 6.79. The fourth-order valence-electron chi connectivity index (χ4n) is 5.99. The Labute approximate surface area is 225 Å². The number of fused-ring (bicyclic) bond motifs is 1. The lowest BCUT2D eigenvalue weighted by atomic mass is 9.73. The lowest BCUT2D eigenvalue weighted by Crippen LogP contribution is -2.49. The number of piperidine rings is 1. The van der Waals surface area contributed by atoms with Gasteiger partial charge in [0.25, 0.3) is 0 Å². The molecule has 1 spiro atoms. The van der Waals surface area contributed by atoms with E-state index in [9.17, 15) is 9.18 Å². The van der Waals surface area contributed by atoms with E-state index in [2.05, 4.69) is 34.1 Å². The SMILES string of the molecule is O=C(Cc1ccccc1F)N1CCC2(CCCCc3ccccc3OCCN(Cc3ccccn3)C2)CC1. The maximum atomic E-state index is 14.1. The van der Waals surface area contributed by atoms with Crippen molar-refractivity contribution in [3.63, 3.8) is 0 Å². The largest absolute Gasteiger partial charge is 0.492 e. The number of benzene rings is 2. The fraction of sp³-hybridized carbons (Fsp3) is 0.438. The zero-order valence-electron chi connectivity index (χ0n) is 22.2. The molecule has 0 atom stereocenters. The molecule has 3 heterocycles. The van der Waals surface area contributed by atoms with Crippen molar-refractivity contribution in [3.05, 3.63) is 95.6 Å². The lowest BCUT2D eigenvalue weighted by molar-refractivity contribution is -0.133. The van der Waals surface area contributed by atoms with Crippen molar-refractivity contribution < 1.29 is 13.9 Å². The number of pyridine rings is 1. The van der Waals surface area contributed by atoms with Gasteiger partial charge >= 0.3 is 0 Å². The molecule has 1 aromatic heterocycles. The average molecular weight is 516 g/mol. The molecule has 3 aromatic rings. The van der Waals surface area contributed by atoms with Gasteiger partial charge in [-0.05, 0) is 72.9 Å². The second-order valence-electron chi connectivity index (χ2n) is 10.8. The van der Waals surface area contributed by atoms with Crippen molar-refractivity contribution >= 4 is 5.91 Å². The molecule has 2 aliphatic heterocycles. The van der Waals surface area contributed by atoms with Crippen molar-refractivity contribution in [3.8, 4) is 5.75 Å². The van der Waals surface area contributed by atoms with Crippen molar-refractivity contribution in [1.82, 2.24) is 14.8 Å². The third-order valence-electron chi connectivity index (χ3n) is 8.19. The first-order chi connectivity index (χ1) is 18.6. The molecule has 0 unspecified atom stereocenters. The quantitative estimate of drug-likeness (QED) is 0.449. The van der Waals surface area contributed by atoms with Crippen molar-refractivity contribution in [2.24, 2.45) is 5.41 Å². The molecule has 0 aliphatic carbocycles. The predicted molar refractivity (Wildman–Crippen MR) is 147 cm³/mol. The topological polar surface area (TPSA) is 45.7 Å². The Morgan fingerprint density at radius 3 is 2.53 bits per heavy atom. The highest BCUT2D eigenvalue weighted by molar-refractivity contribution is 5.79. The van der Waals surface area contributed by atoms with Gasteiger partial charge in [0, 0.05) is 38.9 Å². The van der Waals surface area contributed by atoms with E-state index >= 15 is 0 Å². The molecule has 6 heteroatoms. The highest BCUT2D eigenvalue weighted by atomic mass is 19.1. The first-order valence-corrected chi connectivity index (χ1v) is 13.9. The number of amides is 1. The van der Waals surface area contributed by atoms with Crippen LogP contribution in [0.2, 0.25) is 0 Å². The highest BCUT2D eigenvalue weighted by Crippen LogP contribution is 2.39. The molecule has 1 saturated heterocycles. The first kappa shape index (κ1) is 26.4. The van der Waals surface area contributed by atoms with E-state index in [1.165, 1.54) is 11.6 Å². The standard InChI is InChI=1S/C32H38FN3O2/c33-29-13-3-1-11-27(29)23-31(37)36-19-16-32(17-20-36)15-7-5-10-26-9-2-4-14-30(26)38-22-21-35(25-32)24-28-12-6-8-18-34-28/h1-4,6,8-9,11-14,18H,5,7,10,15-17,19-25H2. The minimum atomic E-state index is -0.303. The van der Waals surface area contributed by atoms with E-state index in [-0.39, 0.29) is 23.6 Å². The molecule has 0 bridgehead atoms. The Morgan fingerprint density at radius 2 is 1.71 bits per heavy atom. The smallest absolute Gasteiger partial charge is 0.227 e. The van der Waals surface area contributed by atoms with Gasteiger partial charge in [-0.2, -0.15) is 0 Å². The molecule has 5 nitrogen and oxygen atoms in total. The monoisotopic (exact) mass is 515 g/mol. The molecular weight excluding hydrogens is 477 g/mol. The number of rotatable bonds is 4. The molecule has 0 saturated carbocycles.